The second-order valence-electron chi connectivity index (χ2n) is 4.81. The molecule has 0 amide bonds. The van der Waals surface area contributed by atoms with Crippen molar-refractivity contribution in [1.29, 1.82) is 0 Å². The first-order valence-corrected chi connectivity index (χ1v) is 7.15. The van der Waals surface area contributed by atoms with Gasteiger partial charge >= 0.3 is 0 Å². The highest BCUT2D eigenvalue weighted by atomic mass is 32.1. The van der Waals surface area contributed by atoms with Gasteiger partial charge in [0.1, 0.15) is 0 Å². The summed E-state index contributed by atoms with van der Waals surface area (Å²) in [6, 6.07) is 1.92. The Morgan fingerprint density at radius 3 is 2.67 bits per heavy atom. The predicted octanol–water partition coefficient (Wildman–Crippen LogP) is 2.54. The smallest absolute Gasteiger partial charge is 0.174 e. The third-order valence-electron chi connectivity index (χ3n) is 3.05. The summed E-state index contributed by atoms with van der Waals surface area (Å²) in [6.07, 6.45) is 0.921. The number of morpholine rings is 1. The van der Waals surface area contributed by atoms with Crippen LogP contribution in [0.5, 0.6) is 0 Å². The van der Waals surface area contributed by atoms with Crippen LogP contribution in [0.25, 0.3) is 0 Å². The quantitative estimate of drug-likeness (QED) is 0.856. The van der Waals surface area contributed by atoms with Crippen LogP contribution in [0.3, 0.4) is 0 Å². The lowest BCUT2D eigenvalue weighted by Gasteiger charge is -2.35. The number of hydrogen-bond donors (Lipinski definition) is 1. The molecule has 1 aromatic rings. The van der Waals surface area contributed by atoms with Gasteiger partial charge in [-0.15, -0.1) is 11.3 Å². The van der Waals surface area contributed by atoms with Gasteiger partial charge in [-0.2, -0.15) is 0 Å². The van der Waals surface area contributed by atoms with E-state index in [-0.39, 0.29) is 18.0 Å². The maximum atomic E-state index is 11.7. The van der Waals surface area contributed by atoms with E-state index in [1.807, 2.05) is 13.0 Å². The van der Waals surface area contributed by atoms with E-state index >= 15 is 0 Å². The maximum absolute atomic E-state index is 11.7. The zero-order valence-electron chi connectivity index (χ0n) is 11.1. The molecule has 2 rings (SSSR count). The Labute approximate surface area is 112 Å². The van der Waals surface area contributed by atoms with E-state index in [0.29, 0.717) is 17.0 Å². The van der Waals surface area contributed by atoms with Gasteiger partial charge in [-0.25, -0.2) is 0 Å². The highest BCUT2D eigenvalue weighted by Gasteiger charge is 2.25. The van der Waals surface area contributed by atoms with Gasteiger partial charge in [0.15, 0.2) is 5.78 Å². The molecule has 2 N–H and O–H groups in total. The molecule has 0 spiro atoms. The second-order valence-corrected chi connectivity index (χ2v) is 5.84. The molecule has 1 aliphatic rings. The van der Waals surface area contributed by atoms with Crippen LogP contribution in [-0.2, 0) is 4.74 Å². The van der Waals surface area contributed by atoms with E-state index in [9.17, 15) is 4.79 Å². The Bertz CT molecular complexity index is 434. The molecule has 18 heavy (non-hydrogen) atoms. The van der Waals surface area contributed by atoms with Crippen molar-refractivity contribution in [2.75, 3.05) is 23.7 Å². The zero-order chi connectivity index (χ0) is 13.3. The van der Waals surface area contributed by atoms with Crippen LogP contribution in [0, 0.1) is 0 Å². The van der Waals surface area contributed by atoms with Crippen molar-refractivity contribution in [1.82, 2.24) is 0 Å². The largest absolute Gasteiger partial charge is 0.397 e. The molecule has 0 aromatic carbocycles. The fraction of sp³-hybridized carbons (Fsp3) is 0.615. The van der Waals surface area contributed by atoms with Gasteiger partial charge in [0.2, 0.25) is 0 Å². The minimum absolute atomic E-state index is 0.123. The molecule has 0 aliphatic carbocycles. The molecule has 1 saturated heterocycles. The number of nitrogens with two attached hydrogens (primary N) is 1. The number of nitrogen functional groups attached to an aromatic ring is 1. The van der Waals surface area contributed by atoms with Crippen molar-refractivity contribution in [2.24, 2.45) is 0 Å². The first-order valence-electron chi connectivity index (χ1n) is 6.34. The molecule has 0 bridgehead atoms. The van der Waals surface area contributed by atoms with E-state index in [4.69, 9.17) is 10.5 Å². The highest BCUT2D eigenvalue weighted by Crippen LogP contribution is 2.34. The topological polar surface area (TPSA) is 55.6 Å². The number of hydrogen-bond acceptors (Lipinski definition) is 5. The molecule has 2 atom stereocenters. The Kier molecular flexibility index (Phi) is 3.92. The standard InChI is InChI=1S/C13H20N2O2S/c1-4-11(16)13-10(14)5-12(18-13)15-6-8(2)17-9(3)7-15/h5,8-9H,4,6-7,14H2,1-3H3. The number of nitrogens with zero attached hydrogens (tertiary/aromatic N) is 1. The Morgan fingerprint density at radius 2 is 2.11 bits per heavy atom. The van der Waals surface area contributed by atoms with Crippen LogP contribution < -0.4 is 10.6 Å². The van der Waals surface area contributed by atoms with E-state index < -0.39 is 0 Å². The summed E-state index contributed by atoms with van der Waals surface area (Å²) >= 11 is 1.50. The monoisotopic (exact) mass is 268 g/mol. The maximum Gasteiger partial charge on any atom is 0.174 e. The average molecular weight is 268 g/mol. The Balaban J connectivity index is 2.21. The van der Waals surface area contributed by atoms with E-state index in [1.54, 1.807) is 0 Å². The summed E-state index contributed by atoms with van der Waals surface area (Å²) in [7, 11) is 0. The van der Waals surface area contributed by atoms with Crippen LogP contribution in [0.15, 0.2) is 6.07 Å². The number of ether oxygens (including phenoxy) is 1. The van der Waals surface area contributed by atoms with E-state index in [1.165, 1.54) is 11.3 Å². The van der Waals surface area contributed by atoms with Crippen LogP contribution in [0.1, 0.15) is 36.9 Å². The van der Waals surface area contributed by atoms with Crippen molar-refractivity contribution < 1.29 is 9.53 Å². The molecule has 4 nitrogen and oxygen atoms in total. The van der Waals surface area contributed by atoms with Crippen molar-refractivity contribution in [3.8, 4) is 0 Å². The van der Waals surface area contributed by atoms with Crippen molar-refractivity contribution in [2.45, 2.75) is 39.4 Å². The fourth-order valence-corrected chi connectivity index (χ4v) is 3.39. The molecular formula is C13H20N2O2S. The third-order valence-corrected chi connectivity index (χ3v) is 4.31. The number of anilines is 2. The molecule has 1 aliphatic heterocycles. The third kappa shape index (κ3) is 2.67. The number of Topliss-reactive ketones (excluding diaryl/α,β-unsaturated/α-hetero) is 1. The van der Waals surface area contributed by atoms with E-state index in [2.05, 4.69) is 18.7 Å². The first kappa shape index (κ1) is 13.4. The lowest BCUT2D eigenvalue weighted by Crippen LogP contribution is -2.45. The molecule has 2 unspecified atom stereocenters. The molecule has 5 heteroatoms. The normalized spacial score (nSPS) is 24.3. The number of ketones is 1. The van der Waals surface area contributed by atoms with Gasteiger partial charge in [0.05, 0.1) is 27.8 Å². The summed E-state index contributed by atoms with van der Waals surface area (Å²) in [4.78, 5) is 14.7. The van der Waals surface area contributed by atoms with E-state index in [0.717, 1.165) is 18.1 Å². The van der Waals surface area contributed by atoms with Gasteiger partial charge in [0.25, 0.3) is 0 Å². The van der Waals surface area contributed by atoms with Gasteiger partial charge in [0, 0.05) is 19.5 Å². The van der Waals surface area contributed by atoms with Crippen molar-refractivity contribution >= 4 is 27.8 Å². The van der Waals surface area contributed by atoms with Gasteiger partial charge in [-0.3, -0.25) is 4.79 Å². The Morgan fingerprint density at radius 1 is 1.50 bits per heavy atom. The van der Waals surface area contributed by atoms with Gasteiger partial charge < -0.3 is 15.4 Å². The van der Waals surface area contributed by atoms with Crippen molar-refractivity contribution in [3.05, 3.63) is 10.9 Å². The minimum Gasteiger partial charge on any atom is -0.397 e. The van der Waals surface area contributed by atoms with Crippen molar-refractivity contribution in [3.63, 3.8) is 0 Å². The lowest BCUT2D eigenvalue weighted by molar-refractivity contribution is -0.00500. The first-order chi connectivity index (χ1) is 8.51. The Hall–Kier alpha value is -1.07. The van der Waals surface area contributed by atoms with Gasteiger partial charge in [-0.05, 0) is 19.9 Å². The van der Waals surface area contributed by atoms with Crippen LogP contribution >= 0.6 is 11.3 Å². The van der Waals surface area contributed by atoms with Crippen LogP contribution in [-0.4, -0.2) is 31.1 Å². The molecule has 2 heterocycles. The van der Waals surface area contributed by atoms with Crippen LogP contribution in [0.4, 0.5) is 10.7 Å². The number of rotatable bonds is 3. The molecule has 1 aromatic heterocycles. The minimum atomic E-state index is 0.123. The summed E-state index contributed by atoms with van der Waals surface area (Å²) in [5.74, 6) is 0.123. The zero-order valence-corrected chi connectivity index (χ0v) is 11.9. The summed E-state index contributed by atoms with van der Waals surface area (Å²) in [5.41, 5.74) is 6.53. The SMILES string of the molecule is CCC(=O)c1sc(N2CC(C)OC(C)C2)cc1N. The molecule has 0 radical (unpaired) electrons. The molecule has 1 fully saturated rings. The highest BCUT2D eigenvalue weighted by molar-refractivity contribution is 7.18. The molecule has 100 valence electrons. The fourth-order valence-electron chi connectivity index (χ4n) is 2.28. The number of thiophene rings is 1. The average Bonchev–Trinajstić information content (AvgIpc) is 2.69. The summed E-state index contributed by atoms with van der Waals surface area (Å²) in [6.45, 7) is 7.70. The number of carbonyl (C=O) groups excluding carboxylic acids is 1. The summed E-state index contributed by atoms with van der Waals surface area (Å²) < 4.78 is 5.71. The molecule has 0 saturated carbocycles. The number of carbonyl (C=O) groups is 1. The lowest BCUT2D eigenvalue weighted by atomic mass is 10.2. The predicted molar refractivity (Wildman–Crippen MR) is 75.6 cm³/mol. The van der Waals surface area contributed by atoms with Gasteiger partial charge in [-0.1, -0.05) is 6.92 Å². The molecular weight excluding hydrogens is 248 g/mol. The van der Waals surface area contributed by atoms with Crippen LogP contribution in [0.2, 0.25) is 0 Å². The summed E-state index contributed by atoms with van der Waals surface area (Å²) in [5, 5.41) is 1.08. The second kappa shape index (κ2) is 5.28.